The van der Waals surface area contributed by atoms with Gasteiger partial charge in [-0.25, -0.2) is 0 Å². The van der Waals surface area contributed by atoms with Crippen LogP contribution in [0.2, 0.25) is 0 Å². The van der Waals surface area contributed by atoms with Gasteiger partial charge in [-0.15, -0.1) is 0 Å². The average molecular weight is 309 g/mol. The molecule has 0 atom stereocenters. The summed E-state index contributed by atoms with van der Waals surface area (Å²) in [4.78, 5) is 23.3. The first kappa shape index (κ1) is 16.5. The van der Waals surface area contributed by atoms with Crippen molar-refractivity contribution in [2.75, 3.05) is 5.32 Å². The molecule has 23 heavy (non-hydrogen) atoms. The zero-order valence-electron chi connectivity index (χ0n) is 13.4. The van der Waals surface area contributed by atoms with Gasteiger partial charge in [0, 0.05) is 18.2 Å². The molecule has 2 N–H and O–H groups in total. The molecular formula is C19H19NO3. The van der Waals surface area contributed by atoms with Gasteiger partial charge in [-0.3, -0.25) is 9.59 Å². The summed E-state index contributed by atoms with van der Waals surface area (Å²) >= 11 is 0. The van der Waals surface area contributed by atoms with Gasteiger partial charge in [-0.05, 0) is 66.9 Å². The maximum atomic E-state index is 12.3. The van der Waals surface area contributed by atoms with Crippen molar-refractivity contribution in [3.05, 3.63) is 64.7 Å². The van der Waals surface area contributed by atoms with E-state index < -0.39 is 0 Å². The number of allylic oxidation sites excluding steroid dienone is 1. The molecule has 0 saturated heterocycles. The number of hydrogen-bond acceptors (Lipinski definition) is 3. The lowest BCUT2D eigenvalue weighted by atomic mass is 10.0. The fourth-order valence-corrected chi connectivity index (χ4v) is 2.27. The Morgan fingerprint density at radius 1 is 1.04 bits per heavy atom. The molecule has 0 aliphatic heterocycles. The van der Waals surface area contributed by atoms with Gasteiger partial charge in [0.05, 0.1) is 0 Å². The fourth-order valence-electron chi connectivity index (χ4n) is 2.27. The van der Waals surface area contributed by atoms with Crippen molar-refractivity contribution >= 4 is 23.5 Å². The third-order valence-corrected chi connectivity index (χ3v) is 3.46. The highest BCUT2D eigenvalue weighted by Gasteiger charge is 2.07. The first-order chi connectivity index (χ1) is 10.9. The summed E-state index contributed by atoms with van der Waals surface area (Å²) in [6.07, 6.45) is 3.22. The van der Waals surface area contributed by atoms with Gasteiger partial charge in [0.15, 0.2) is 5.78 Å². The molecule has 0 saturated carbocycles. The van der Waals surface area contributed by atoms with Gasteiger partial charge < -0.3 is 10.4 Å². The van der Waals surface area contributed by atoms with E-state index in [0.717, 1.165) is 16.7 Å². The largest absolute Gasteiger partial charge is 0.508 e. The smallest absolute Gasteiger partial charge is 0.221 e. The Balaban J connectivity index is 2.18. The Kier molecular flexibility index (Phi) is 4.96. The number of nitrogens with one attached hydrogen (secondary N) is 1. The Labute approximate surface area is 135 Å². The van der Waals surface area contributed by atoms with E-state index in [1.807, 2.05) is 13.0 Å². The van der Waals surface area contributed by atoms with Crippen molar-refractivity contribution in [3.63, 3.8) is 0 Å². The van der Waals surface area contributed by atoms with E-state index in [9.17, 15) is 14.7 Å². The number of aromatic hydroxyl groups is 1. The molecule has 0 unspecified atom stereocenters. The number of carbonyl (C=O) groups excluding carboxylic acids is 2. The third-order valence-electron chi connectivity index (χ3n) is 3.46. The maximum absolute atomic E-state index is 12.3. The van der Waals surface area contributed by atoms with Crippen molar-refractivity contribution in [1.29, 1.82) is 0 Å². The number of phenolic OH excluding ortho intramolecular Hbond substituents is 1. The second-order valence-corrected chi connectivity index (χ2v) is 5.45. The first-order valence-corrected chi connectivity index (χ1v) is 7.27. The van der Waals surface area contributed by atoms with Gasteiger partial charge in [-0.1, -0.05) is 12.1 Å². The molecule has 118 valence electrons. The van der Waals surface area contributed by atoms with Crippen LogP contribution in [0, 0.1) is 13.8 Å². The molecule has 0 aliphatic carbocycles. The molecule has 2 rings (SSSR count). The zero-order valence-corrected chi connectivity index (χ0v) is 13.4. The Morgan fingerprint density at radius 3 is 2.39 bits per heavy atom. The number of rotatable bonds is 4. The third kappa shape index (κ3) is 4.30. The predicted molar refractivity (Wildman–Crippen MR) is 91.7 cm³/mol. The second-order valence-electron chi connectivity index (χ2n) is 5.45. The minimum absolute atomic E-state index is 0.109. The van der Waals surface area contributed by atoms with Gasteiger partial charge in [0.25, 0.3) is 0 Å². The van der Waals surface area contributed by atoms with Crippen LogP contribution in [0.3, 0.4) is 0 Å². The number of aryl methyl sites for hydroxylation is 2. The summed E-state index contributed by atoms with van der Waals surface area (Å²) in [6.45, 7) is 5.08. The minimum atomic E-state index is -0.147. The molecule has 4 nitrogen and oxygen atoms in total. The molecule has 0 fully saturated rings. The number of benzene rings is 2. The highest BCUT2D eigenvalue weighted by Crippen LogP contribution is 2.19. The number of carbonyl (C=O) groups is 2. The van der Waals surface area contributed by atoms with Crippen LogP contribution < -0.4 is 5.32 Å². The summed E-state index contributed by atoms with van der Waals surface area (Å²) < 4.78 is 0. The lowest BCUT2D eigenvalue weighted by molar-refractivity contribution is -0.114. The van der Waals surface area contributed by atoms with E-state index in [-0.39, 0.29) is 17.4 Å². The number of ketones is 1. The van der Waals surface area contributed by atoms with Crippen LogP contribution in [-0.4, -0.2) is 16.8 Å². The van der Waals surface area contributed by atoms with E-state index in [1.54, 1.807) is 43.3 Å². The zero-order chi connectivity index (χ0) is 17.0. The van der Waals surface area contributed by atoms with Crippen molar-refractivity contribution < 1.29 is 14.7 Å². The highest BCUT2D eigenvalue weighted by atomic mass is 16.3. The molecule has 0 aliphatic rings. The van der Waals surface area contributed by atoms with Crippen LogP contribution in [0.4, 0.5) is 5.69 Å². The van der Waals surface area contributed by atoms with Crippen LogP contribution in [0.15, 0.2) is 42.5 Å². The lowest BCUT2D eigenvalue weighted by Gasteiger charge is -2.06. The number of hydrogen-bond donors (Lipinski definition) is 2. The molecule has 4 heteroatoms. The molecule has 0 aromatic heterocycles. The number of amides is 1. The Bertz CT molecular complexity index is 791. The van der Waals surface area contributed by atoms with E-state index >= 15 is 0 Å². The molecule has 2 aromatic rings. The van der Waals surface area contributed by atoms with E-state index in [4.69, 9.17) is 0 Å². The molecule has 2 aromatic carbocycles. The summed E-state index contributed by atoms with van der Waals surface area (Å²) in [7, 11) is 0. The van der Waals surface area contributed by atoms with E-state index in [2.05, 4.69) is 5.32 Å². The Morgan fingerprint density at radius 2 is 1.78 bits per heavy atom. The van der Waals surface area contributed by atoms with Gasteiger partial charge in [0.1, 0.15) is 5.75 Å². The van der Waals surface area contributed by atoms with Gasteiger partial charge >= 0.3 is 0 Å². The summed E-state index contributed by atoms with van der Waals surface area (Å²) in [5, 5.41) is 12.2. The summed E-state index contributed by atoms with van der Waals surface area (Å²) in [5.41, 5.74) is 3.67. The van der Waals surface area contributed by atoms with E-state index in [0.29, 0.717) is 11.3 Å². The average Bonchev–Trinajstić information content (AvgIpc) is 2.47. The normalized spacial score (nSPS) is 10.7. The molecule has 0 bridgehead atoms. The standard InChI is InChI=1S/C19H19NO3/c1-12-11-16(20-14(3)21)6-7-17(12)19(23)9-5-15-4-8-18(22)13(2)10-15/h4-11,22H,1-3H3,(H,20,21)/b9-5+. The summed E-state index contributed by atoms with van der Waals surface area (Å²) in [5.74, 6) is -0.0217. The molecule has 0 radical (unpaired) electrons. The Hall–Kier alpha value is -2.88. The molecule has 0 heterocycles. The number of anilines is 1. The topological polar surface area (TPSA) is 66.4 Å². The van der Waals surface area contributed by atoms with Gasteiger partial charge in [-0.2, -0.15) is 0 Å². The van der Waals surface area contributed by atoms with Crippen molar-refractivity contribution in [1.82, 2.24) is 0 Å². The summed E-state index contributed by atoms with van der Waals surface area (Å²) in [6, 6.07) is 10.3. The predicted octanol–water partition coefficient (Wildman–Crippen LogP) is 3.86. The van der Waals surface area contributed by atoms with Crippen molar-refractivity contribution in [3.8, 4) is 5.75 Å². The van der Waals surface area contributed by atoms with E-state index in [1.165, 1.54) is 13.0 Å². The molecular weight excluding hydrogens is 290 g/mol. The van der Waals surface area contributed by atoms with Crippen LogP contribution in [0.5, 0.6) is 5.75 Å². The van der Waals surface area contributed by atoms with Crippen molar-refractivity contribution in [2.45, 2.75) is 20.8 Å². The number of phenols is 1. The van der Waals surface area contributed by atoms with Crippen LogP contribution >= 0.6 is 0 Å². The van der Waals surface area contributed by atoms with Crippen LogP contribution in [0.1, 0.15) is 34.0 Å². The highest BCUT2D eigenvalue weighted by molar-refractivity contribution is 6.08. The minimum Gasteiger partial charge on any atom is -0.508 e. The second kappa shape index (κ2) is 6.92. The lowest BCUT2D eigenvalue weighted by Crippen LogP contribution is -2.07. The molecule has 1 amide bonds. The van der Waals surface area contributed by atoms with Gasteiger partial charge in [0.2, 0.25) is 5.91 Å². The fraction of sp³-hybridized carbons (Fsp3) is 0.158. The molecule has 0 spiro atoms. The monoisotopic (exact) mass is 309 g/mol. The SMILES string of the molecule is CC(=O)Nc1ccc(C(=O)/C=C/c2ccc(O)c(C)c2)c(C)c1. The maximum Gasteiger partial charge on any atom is 0.221 e. The van der Waals surface area contributed by atoms with Crippen molar-refractivity contribution in [2.24, 2.45) is 0 Å². The van der Waals surface area contributed by atoms with Crippen LogP contribution in [-0.2, 0) is 4.79 Å². The van der Waals surface area contributed by atoms with Crippen LogP contribution in [0.25, 0.3) is 6.08 Å². The quantitative estimate of drug-likeness (QED) is 0.665. The first-order valence-electron chi connectivity index (χ1n) is 7.27.